The smallest absolute Gasteiger partial charge is 0.238 e. The third kappa shape index (κ3) is 4.79. The predicted molar refractivity (Wildman–Crippen MR) is 150 cm³/mol. The number of rotatable bonds is 4. The molecule has 1 spiro atoms. The van der Waals surface area contributed by atoms with Crippen LogP contribution < -0.4 is 16.0 Å². The summed E-state index contributed by atoms with van der Waals surface area (Å²) in [6, 6.07) is 10.8. The van der Waals surface area contributed by atoms with Gasteiger partial charge in [0.05, 0.1) is 6.04 Å². The van der Waals surface area contributed by atoms with Gasteiger partial charge in [-0.25, -0.2) is 0 Å². The average molecular weight is 543 g/mol. The lowest BCUT2D eigenvalue weighted by Crippen LogP contribution is -2.49. The number of aryl methyl sites for hydroxylation is 1. The molecule has 1 saturated heterocycles. The van der Waals surface area contributed by atoms with E-state index < -0.39 is 17.4 Å². The Labute approximate surface area is 230 Å². The molecule has 0 unspecified atom stereocenters. The van der Waals surface area contributed by atoms with E-state index >= 15 is 0 Å². The van der Waals surface area contributed by atoms with Crippen LogP contribution >= 0.6 is 23.2 Å². The van der Waals surface area contributed by atoms with E-state index in [1.807, 2.05) is 43.3 Å². The van der Waals surface area contributed by atoms with Crippen molar-refractivity contribution in [3.05, 3.63) is 63.1 Å². The molecule has 3 N–H and O–H groups in total. The lowest BCUT2D eigenvalue weighted by atomic mass is 9.62. The summed E-state index contributed by atoms with van der Waals surface area (Å²) in [5.74, 6) is -0.529. The number of hydrogen-bond acceptors (Lipinski definition) is 3. The van der Waals surface area contributed by atoms with Crippen molar-refractivity contribution in [1.82, 2.24) is 10.6 Å². The van der Waals surface area contributed by atoms with Gasteiger partial charge in [-0.15, -0.1) is 0 Å². The van der Waals surface area contributed by atoms with E-state index in [1.54, 1.807) is 0 Å². The lowest BCUT2D eigenvalue weighted by molar-refractivity contribution is -0.124. The summed E-state index contributed by atoms with van der Waals surface area (Å²) < 4.78 is 0. The number of anilines is 1. The number of fused-ring (bicyclic) bond motifs is 2. The fourth-order valence-electron chi connectivity index (χ4n) is 6.92. The molecule has 2 amide bonds. The molecule has 1 aliphatic carbocycles. The third-order valence-electron chi connectivity index (χ3n) is 8.42. The van der Waals surface area contributed by atoms with Crippen molar-refractivity contribution in [3.63, 3.8) is 0 Å². The summed E-state index contributed by atoms with van der Waals surface area (Å²) in [7, 11) is 0. The van der Waals surface area contributed by atoms with E-state index in [9.17, 15) is 9.59 Å². The minimum absolute atomic E-state index is 0.0303. The van der Waals surface area contributed by atoms with Crippen molar-refractivity contribution in [1.29, 1.82) is 0 Å². The van der Waals surface area contributed by atoms with Crippen LogP contribution in [0.25, 0.3) is 0 Å². The van der Waals surface area contributed by atoms with Gasteiger partial charge in [-0.05, 0) is 72.6 Å². The molecule has 198 valence electrons. The lowest BCUT2D eigenvalue weighted by Gasteiger charge is -2.38. The Kier molecular flexibility index (Phi) is 7.10. The molecule has 2 fully saturated rings. The summed E-state index contributed by atoms with van der Waals surface area (Å²) in [6.45, 7) is 8.54. The van der Waals surface area contributed by atoms with Crippen molar-refractivity contribution in [2.24, 2.45) is 5.41 Å². The molecule has 2 heterocycles. The van der Waals surface area contributed by atoms with Gasteiger partial charge in [0.15, 0.2) is 0 Å². The minimum Gasteiger partial charge on any atom is -0.352 e. The molecule has 0 bridgehead atoms. The number of nitrogens with one attached hydrogen (secondary N) is 3. The van der Waals surface area contributed by atoms with Gasteiger partial charge in [-0.2, -0.15) is 0 Å². The van der Waals surface area contributed by atoms with Gasteiger partial charge in [0.2, 0.25) is 11.8 Å². The van der Waals surface area contributed by atoms with Crippen molar-refractivity contribution in [2.75, 3.05) is 5.32 Å². The third-order valence-corrected chi connectivity index (χ3v) is 8.89. The quantitative estimate of drug-likeness (QED) is 0.413. The van der Waals surface area contributed by atoms with Crippen LogP contribution in [0.1, 0.15) is 81.9 Å². The Balaban J connectivity index is 1.69. The normalized spacial score (nSPS) is 27.8. The van der Waals surface area contributed by atoms with E-state index in [1.165, 1.54) is 6.42 Å². The van der Waals surface area contributed by atoms with Crippen LogP contribution in [-0.2, 0) is 15.0 Å². The fourth-order valence-corrected chi connectivity index (χ4v) is 7.32. The molecule has 7 heteroatoms. The second-order valence-corrected chi connectivity index (χ2v) is 13.2. The molecule has 2 aromatic rings. The van der Waals surface area contributed by atoms with E-state index in [-0.39, 0.29) is 29.3 Å². The number of carbonyl (C=O) groups excluding carboxylic acids is 2. The Hall–Kier alpha value is -2.08. The molecule has 37 heavy (non-hydrogen) atoms. The maximum Gasteiger partial charge on any atom is 0.238 e. The predicted octanol–water partition coefficient (Wildman–Crippen LogP) is 6.50. The first kappa shape index (κ1) is 26.5. The van der Waals surface area contributed by atoms with Crippen LogP contribution in [0.5, 0.6) is 0 Å². The molecule has 3 aliphatic rings. The van der Waals surface area contributed by atoms with Gasteiger partial charge in [0.25, 0.3) is 0 Å². The van der Waals surface area contributed by atoms with Crippen LogP contribution in [0.3, 0.4) is 0 Å². The highest BCUT2D eigenvalue weighted by molar-refractivity contribution is 6.31. The number of hydrogen-bond donors (Lipinski definition) is 3. The van der Waals surface area contributed by atoms with Gasteiger partial charge in [0, 0.05) is 33.7 Å². The second-order valence-electron chi connectivity index (χ2n) is 12.3. The van der Waals surface area contributed by atoms with E-state index in [0.29, 0.717) is 10.0 Å². The Morgan fingerprint density at radius 3 is 2.41 bits per heavy atom. The molecule has 4 atom stereocenters. The molecule has 5 rings (SSSR count). The Bertz CT molecular complexity index is 1220. The minimum atomic E-state index is -0.972. The van der Waals surface area contributed by atoms with Gasteiger partial charge in [0.1, 0.15) is 5.41 Å². The highest BCUT2D eigenvalue weighted by atomic mass is 35.5. The fraction of sp³-hybridized carbons (Fsp3) is 0.533. The topological polar surface area (TPSA) is 70.2 Å². The highest BCUT2D eigenvalue weighted by Gasteiger charge is 2.66. The van der Waals surface area contributed by atoms with E-state index in [2.05, 4.69) is 36.7 Å². The van der Waals surface area contributed by atoms with Crippen LogP contribution in [-0.4, -0.2) is 29.9 Å². The zero-order chi connectivity index (χ0) is 26.5. The number of halogens is 2. The van der Waals surface area contributed by atoms with Crippen molar-refractivity contribution < 1.29 is 9.59 Å². The van der Waals surface area contributed by atoms with Crippen molar-refractivity contribution in [3.8, 4) is 0 Å². The van der Waals surface area contributed by atoms with Crippen molar-refractivity contribution in [2.45, 2.75) is 95.7 Å². The zero-order valence-corrected chi connectivity index (χ0v) is 23.6. The van der Waals surface area contributed by atoms with Gasteiger partial charge < -0.3 is 16.0 Å². The van der Waals surface area contributed by atoms with E-state index in [0.717, 1.165) is 54.5 Å². The summed E-state index contributed by atoms with van der Waals surface area (Å²) in [5, 5.41) is 11.4. The van der Waals surface area contributed by atoms with Gasteiger partial charge in [-0.1, -0.05) is 75.4 Å². The summed E-state index contributed by atoms with van der Waals surface area (Å²) in [4.78, 5) is 28.3. The monoisotopic (exact) mass is 541 g/mol. The van der Waals surface area contributed by atoms with Gasteiger partial charge in [-0.3, -0.25) is 9.59 Å². The molecular formula is C30H37Cl2N3O2. The van der Waals surface area contributed by atoms with E-state index in [4.69, 9.17) is 23.2 Å². The van der Waals surface area contributed by atoms with Crippen molar-refractivity contribution >= 4 is 40.7 Å². The maximum absolute atomic E-state index is 14.2. The van der Waals surface area contributed by atoms with Gasteiger partial charge >= 0.3 is 0 Å². The van der Waals surface area contributed by atoms with Crippen LogP contribution in [0.2, 0.25) is 10.0 Å². The average Bonchev–Trinajstić information content (AvgIpc) is 3.28. The molecular weight excluding hydrogens is 505 g/mol. The SMILES string of the molecule is Cc1cc(Cl)ccc1[C@H]1[C@H](C(=O)NC2CCCCC2)N[C@@H](CC(C)(C)C)[C@@]12C(=O)Nc1cc(Cl)ccc12. The van der Waals surface area contributed by atoms with Crippen LogP contribution in [0, 0.1) is 12.3 Å². The highest BCUT2D eigenvalue weighted by Crippen LogP contribution is 2.57. The maximum atomic E-state index is 14.2. The Morgan fingerprint density at radius 2 is 1.73 bits per heavy atom. The Morgan fingerprint density at radius 1 is 1.05 bits per heavy atom. The summed E-state index contributed by atoms with van der Waals surface area (Å²) in [5.41, 5.74) is 2.52. The molecule has 5 nitrogen and oxygen atoms in total. The number of amides is 2. The summed E-state index contributed by atoms with van der Waals surface area (Å²) >= 11 is 12.7. The number of carbonyl (C=O) groups is 2. The molecule has 0 aromatic heterocycles. The standard InChI is InChI=1S/C30H37Cl2N3O2/c1-17-14-18(31)10-12-21(17)25-26(27(36)33-20-8-6-5-7-9-20)35-24(16-29(2,3)4)30(25)22-13-11-19(32)15-23(22)34-28(30)37/h10-15,20,24-26,35H,5-9,16H2,1-4H3,(H,33,36)(H,34,37)/t24-,25-,26+,30+/m0/s1. The molecule has 1 saturated carbocycles. The molecule has 2 aliphatic heterocycles. The first-order valence-electron chi connectivity index (χ1n) is 13.4. The summed E-state index contributed by atoms with van der Waals surface area (Å²) in [6.07, 6.45) is 6.21. The number of benzene rings is 2. The zero-order valence-electron chi connectivity index (χ0n) is 22.1. The van der Waals surface area contributed by atoms with Crippen LogP contribution in [0.15, 0.2) is 36.4 Å². The first-order valence-corrected chi connectivity index (χ1v) is 14.2. The first-order chi connectivity index (χ1) is 17.5. The largest absolute Gasteiger partial charge is 0.352 e. The molecule has 2 aromatic carbocycles. The van der Waals surface area contributed by atoms with Crippen LogP contribution in [0.4, 0.5) is 5.69 Å². The molecule has 0 radical (unpaired) electrons. The second kappa shape index (κ2) is 9.91.